The fourth-order valence-corrected chi connectivity index (χ4v) is 2.89. The van der Waals surface area contributed by atoms with Gasteiger partial charge >= 0.3 is 4.87 Å². The minimum atomic E-state index is -0.199. The van der Waals surface area contributed by atoms with Crippen LogP contribution in [0.5, 0.6) is 0 Å². The van der Waals surface area contributed by atoms with Crippen LogP contribution in [-0.2, 0) is 11.3 Å². The Labute approximate surface area is 126 Å². The molecule has 7 heteroatoms. The molecule has 112 valence electrons. The zero-order valence-corrected chi connectivity index (χ0v) is 13.4. The highest BCUT2D eigenvalue weighted by molar-refractivity contribution is 7.09. The van der Waals surface area contributed by atoms with Crippen LogP contribution in [0.1, 0.15) is 28.4 Å². The van der Waals surface area contributed by atoms with E-state index in [1.807, 2.05) is 33.8 Å². The van der Waals surface area contributed by atoms with E-state index in [0.717, 1.165) is 22.0 Å². The number of hydrogen-bond donors (Lipinski definition) is 1. The Morgan fingerprint density at radius 2 is 1.86 bits per heavy atom. The molecular formula is C14H18N4O2S. The smallest absolute Gasteiger partial charge is 0.303 e. The third kappa shape index (κ3) is 3.75. The zero-order chi connectivity index (χ0) is 15.6. The second-order valence-corrected chi connectivity index (χ2v) is 6.10. The van der Waals surface area contributed by atoms with Crippen molar-refractivity contribution in [1.29, 1.82) is 0 Å². The van der Waals surface area contributed by atoms with Crippen LogP contribution in [0.4, 0.5) is 5.95 Å². The van der Waals surface area contributed by atoms with Gasteiger partial charge in [-0.05, 0) is 33.8 Å². The maximum absolute atomic E-state index is 11.9. The topological polar surface area (TPSA) is 76.9 Å². The number of hydrogen-bond acceptors (Lipinski definition) is 5. The average molecular weight is 306 g/mol. The average Bonchev–Trinajstić information content (AvgIpc) is 2.60. The van der Waals surface area contributed by atoms with E-state index in [-0.39, 0.29) is 17.2 Å². The molecule has 2 aromatic heterocycles. The largest absolute Gasteiger partial charge is 0.307 e. The van der Waals surface area contributed by atoms with Crippen molar-refractivity contribution < 1.29 is 4.79 Å². The highest BCUT2D eigenvalue weighted by Gasteiger charge is 2.10. The maximum Gasteiger partial charge on any atom is 0.307 e. The molecular weight excluding hydrogens is 288 g/mol. The van der Waals surface area contributed by atoms with Crippen LogP contribution in [0.2, 0.25) is 0 Å². The van der Waals surface area contributed by atoms with Crippen molar-refractivity contribution in [1.82, 2.24) is 14.5 Å². The normalized spacial score (nSPS) is 10.7. The van der Waals surface area contributed by atoms with Gasteiger partial charge in [-0.25, -0.2) is 9.97 Å². The summed E-state index contributed by atoms with van der Waals surface area (Å²) in [6.45, 7) is 7.86. The number of thiazole rings is 1. The Kier molecular flexibility index (Phi) is 4.52. The van der Waals surface area contributed by atoms with Crippen LogP contribution < -0.4 is 10.2 Å². The van der Waals surface area contributed by atoms with Crippen molar-refractivity contribution in [2.75, 3.05) is 5.32 Å². The summed E-state index contributed by atoms with van der Waals surface area (Å²) < 4.78 is 1.63. The van der Waals surface area contributed by atoms with Crippen LogP contribution in [0.15, 0.2) is 10.9 Å². The number of aromatic nitrogens is 3. The minimum absolute atomic E-state index is 0.0274. The van der Waals surface area contributed by atoms with Gasteiger partial charge in [0.05, 0.1) is 0 Å². The summed E-state index contributed by atoms with van der Waals surface area (Å²) in [6, 6.07) is 1.84. The highest BCUT2D eigenvalue weighted by Crippen LogP contribution is 2.10. The molecule has 0 spiro atoms. The summed E-state index contributed by atoms with van der Waals surface area (Å²) in [5, 5.41) is 2.67. The molecule has 0 saturated carbocycles. The molecule has 6 nitrogen and oxygen atoms in total. The second kappa shape index (κ2) is 6.17. The van der Waals surface area contributed by atoms with Crippen molar-refractivity contribution in [2.24, 2.45) is 0 Å². The number of nitrogens with one attached hydrogen (secondary N) is 1. The number of aryl methyl sites for hydroxylation is 3. The van der Waals surface area contributed by atoms with Crippen LogP contribution in [0, 0.1) is 27.7 Å². The van der Waals surface area contributed by atoms with Gasteiger partial charge in [0, 0.05) is 34.9 Å². The van der Waals surface area contributed by atoms with Gasteiger partial charge in [-0.2, -0.15) is 0 Å². The molecule has 0 aliphatic rings. The minimum Gasteiger partial charge on any atom is -0.303 e. The first-order chi connectivity index (χ1) is 9.86. The zero-order valence-electron chi connectivity index (χ0n) is 12.6. The van der Waals surface area contributed by atoms with Crippen molar-refractivity contribution in [3.63, 3.8) is 0 Å². The van der Waals surface area contributed by atoms with E-state index < -0.39 is 0 Å². The molecule has 0 aromatic carbocycles. The van der Waals surface area contributed by atoms with E-state index in [9.17, 15) is 9.59 Å². The van der Waals surface area contributed by atoms with Crippen molar-refractivity contribution in [3.05, 3.63) is 37.7 Å². The SMILES string of the molecule is Cc1cc(C)nc(NC(=O)CCn2c(C)c(C)sc2=O)n1. The van der Waals surface area contributed by atoms with Crippen LogP contribution in [0.3, 0.4) is 0 Å². The van der Waals surface area contributed by atoms with E-state index in [2.05, 4.69) is 15.3 Å². The number of amides is 1. The Balaban J connectivity index is 2.00. The summed E-state index contributed by atoms with van der Waals surface area (Å²) >= 11 is 1.21. The van der Waals surface area contributed by atoms with Gasteiger partial charge in [-0.15, -0.1) is 0 Å². The number of carbonyl (C=O) groups is 1. The molecule has 1 N–H and O–H groups in total. The van der Waals surface area contributed by atoms with Crippen LogP contribution >= 0.6 is 11.3 Å². The molecule has 2 heterocycles. The molecule has 0 bridgehead atoms. The quantitative estimate of drug-likeness (QED) is 0.937. The Hall–Kier alpha value is -2.02. The fraction of sp³-hybridized carbons (Fsp3) is 0.429. The van der Waals surface area contributed by atoms with Crippen molar-refractivity contribution in [2.45, 2.75) is 40.7 Å². The summed E-state index contributed by atoms with van der Waals surface area (Å²) in [5.74, 6) is 0.109. The number of carbonyl (C=O) groups excluding carboxylic acids is 1. The van der Waals surface area contributed by atoms with Gasteiger partial charge in [0.25, 0.3) is 0 Å². The summed E-state index contributed by atoms with van der Waals surface area (Å²) in [4.78, 5) is 33.0. The van der Waals surface area contributed by atoms with E-state index in [0.29, 0.717) is 12.5 Å². The number of anilines is 1. The third-order valence-corrected chi connectivity index (χ3v) is 4.17. The van der Waals surface area contributed by atoms with Gasteiger partial charge in [-0.1, -0.05) is 11.3 Å². The van der Waals surface area contributed by atoms with Crippen LogP contribution in [0.25, 0.3) is 0 Å². The molecule has 1 amide bonds. The monoisotopic (exact) mass is 306 g/mol. The summed E-state index contributed by atoms with van der Waals surface area (Å²) in [7, 11) is 0. The first-order valence-corrected chi connectivity index (χ1v) is 7.47. The third-order valence-electron chi connectivity index (χ3n) is 3.17. The number of nitrogens with zero attached hydrogens (tertiary/aromatic N) is 3. The molecule has 0 fully saturated rings. The lowest BCUT2D eigenvalue weighted by atomic mass is 10.3. The molecule has 0 aliphatic carbocycles. The molecule has 0 atom stereocenters. The Morgan fingerprint density at radius 1 is 1.24 bits per heavy atom. The fourth-order valence-electron chi connectivity index (χ4n) is 2.03. The first-order valence-electron chi connectivity index (χ1n) is 6.66. The Morgan fingerprint density at radius 3 is 2.38 bits per heavy atom. The summed E-state index contributed by atoms with van der Waals surface area (Å²) in [6.07, 6.45) is 0.216. The molecule has 0 radical (unpaired) electrons. The summed E-state index contributed by atoms with van der Waals surface area (Å²) in [5.41, 5.74) is 2.53. The molecule has 2 rings (SSSR count). The van der Waals surface area contributed by atoms with Crippen molar-refractivity contribution in [3.8, 4) is 0 Å². The second-order valence-electron chi connectivity index (χ2n) is 4.93. The number of rotatable bonds is 4. The maximum atomic E-state index is 11.9. The van der Waals surface area contributed by atoms with E-state index in [1.165, 1.54) is 11.3 Å². The van der Waals surface area contributed by atoms with Gasteiger partial charge < -0.3 is 4.57 Å². The van der Waals surface area contributed by atoms with Gasteiger partial charge in [0.15, 0.2) is 0 Å². The molecule has 0 saturated heterocycles. The van der Waals surface area contributed by atoms with Crippen LogP contribution in [-0.4, -0.2) is 20.4 Å². The van der Waals surface area contributed by atoms with E-state index in [4.69, 9.17) is 0 Å². The predicted molar refractivity (Wildman–Crippen MR) is 82.8 cm³/mol. The lowest BCUT2D eigenvalue weighted by molar-refractivity contribution is -0.116. The molecule has 2 aromatic rings. The van der Waals surface area contributed by atoms with E-state index >= 15 is 0 Å². The van der Waals surface area contributed by atoms with Crippen molar-refractivity contribution >= 4 is 23.2 Å². The standard InChI is InChI=1S/C14H18N4O2S/c1-8-7-9(2)16-13(15-8)17-12(19)5-6-18-10(3)11(4)21-14(18)20/h7H,5-6H2,1-4H3,(H,15,16,17,19). The highest BCUT2D eigenvalue weighted by atomic mass is 32.1. The van der Waals surface area contributed by atoms with Gasteiger partial charge in [-0.3, -0.25) is 14.9 Å². The van der Waals surface area contributed by atoms with E-state index in [1.54, 1.807) is 4.57 Å². The first kappa shape index (κ1) is 15.4. The molecule has 21 heavy (non-hydrogen) atoms. The predicted octanol–water partition coefficient (Wildman–Crippen LogP) is 1.96. The molecule has 0 aliphatic heterocycles. The molecule has 0 unspecified atom stereocenters. The lowest BCUT2D eigenvalue weighted by Gasteiger charge is -2.07. The van der Waals surface area contributed by atoms with Gasteiger partial charge in [0.1, 0.15) is 0 Å². The lowest BCUT2D eigenvalue weighted by Crippen LogP contribution is -2.21. The van der Waals surface area contributed by atoms with Gasteiger partial charge in [0.2, 0.25) is 11.9 Å². The Bertz CT molecular complexity index is 713.